The number of aryl methyl sites for hydroxylation is 1. The number of rotatable bonds is 7. The summed E-state index contributed by atoms with van der Waals surface area (Å²) in [7, 11) is 0. The highest BCUT2D eigenvalue weighted by atomic mass is 35.5. The van der Waals surface area contributed by atoms with Crippen molar-refractivity contribution >= 4 is 23.5 Å². The third kappa shape index (κ3) is 5.54. The molecule has 160 valence electrons. The Hall–Kier alpha value is -2.53. The van der Waals surface area contributed by atoms with Crippen molar-refractivity contribution in [2.75, 3.05) is 6.61 Å². The van der Waals surface area contributed by atoms with Crippen LogP contribution in [0.1, 0.15) is 60.0 Å². The lowest BCUT2D eigenvalue weighted by atomic mass is 9.90. The van der Waals surface area contributed by atoms with Gasteiger partial charge < -0.3 is 15.2 Å². The van der Waals surface area contributed by atoms with Crippen molar-refractivity contribution in [1.82, 2.24) is 5.32 Å². The molecular weight excluding hydrogens is 402 g/mol. The molecule has 3 rings (SSSR count). The summed E-state index contributed by atoms with van der Waals surface area (Å²) in [5.74, 6) is -0.969. The molecule has 0 heterocycles. The molecule has 0 spiro atoms. The predicted molar refractivity (Wildman–Crippen MR) is 117 cm³/mol. The predicted octanol–water partition coefficient (Wildman–Crippen LogP) is 5.18. The van der Waals surface area contributed by atoms with Crippen LogP contribution in [0, 0.1) is 6.92 Å². The Bertz CT molecular complexity index is 904. The lowest BCUT2D eigenvalue weighted by Gasteiger charge is -2.29. The molecule has 0 bridgehead atoms. The van der Waals surface area contributed by atoms with Crippen LogP contribution >= 0.6 is 11.6 Å². The van der Waals surface area contributed by atoms with Crippen LogP contribution in [0.3, 0.4) is 0 Å². The van der Waals surface area contributed by atoms with Gasteiger partial charge in [0.1, 0.15) is 11.3 Å². The highest BCUT2D eigenvalue weighted by Gasteiger charge is 2.40. The lowest BCUT2D eigenvalue weighted by molar-refractivity contribution is -0.145. The van der Waals surface area contributed by atoms with Crippen molar-refractivity contribution in [1.29, 1.82) is 0 Å². The quantitative estimate of drug-likeness (QED) is 0.595. The summed E-state index contributed by atoms with van der Waals surface area (Å²) in [6, 6.07) is 13.0. The van der Waals surface area contributed by atoms with Crippen LogP contribution in [0.4, 0.5) is 0 Å². The summed E-state index contributed by atoms with van der Waals surface area (Å²) < 4.78 is 5.83. The third-order valence-electron chi connectivity index (χ3n) is 5.64. The number of hydrogen-bond acceptors (Lipinski definition) is 3. The Labute approximate surface area is 182 Å². The van der Waals surface area contributed by atoms with E-state index in [1.165, 1.54) is 5.56 Å². The van der Waals surface area contributed by atoms with Gasteiger partial charge in [0.05, 0.1) is 11.6 Å². The highest BCUT2D eigenvalue weighted by molar-refractivity contribution is 6.32. The molecule has 0 unspecified atom stereocenters. The smallest absolute Gasteiger partial charge is 0.329 e. The summed E-state index contributed by atoms with van der Waals surface area (Å²) in [6.07, 6.45) is 5.18. The molecule has 2 aromatic carbocycles. The minimum atomic E-state index is -1.21. The van der Waals surface area contributed by atoms with E-state index >= 15 is 0 Å². The molecule has 1 aliphatic rings. The van der Waals surface area contributed by atoms with E-state index in [0.717, 1.165) is 37.7 Å². The van der Waals surface area contributed by atoms with Gasteiger partial charge in [-0.15, -0.1) is 0 Å². The van der Waals surface area contributed by atoms with E-state index in [2.05, 4.69) is 11.4 Å². The lowest BCUT2D eigenvalue weighted by Crippen LogP contribution is -2.54. The number of ether oxygens (including phenoxy) is 1. The number of amides is 1. The number of nitrogens with one attached hydrogen (secondary N) is 1. The third-order valence-corrected chi connectivity index (χ3v) is 5.96. The molecule has 1 saturated carbocycles. The molecule has 5 nitrogen and oxygen atoms in total. The zero-order chi connectivity index (χ0) is 21.6. The number of carboxylic acids is 1. The van der Waals surface area contributed by atoms with Crippen LogP contribution in [-0.2, 0) is 11.2 Å². The van der Waals surface area contributed by atoms with E-state index in [-0.39, 0.29) is 0 Å². The molecule has 0 saturated heterocycles. The van der Waals surface area contributed by atoms with Crippen molar-refractivity contribution < 1.29 is 19.4 Å². The van der Waals surface area contributed by atoms with Gasteiger partial charge >= 0.3 is 5.97 Å². The van der Waals surface area contributed by atoms with Crippen LogP contribution in [0.25, 0.3) is 0 Å². The minimum Gasteiger partial charge on any atom is -0.492 e. The van der Waals surface area contributed by atoms with Crippen molar-refractivity contribution in [3.63, 3.8) is 0 Å². The van der Waals surface area contributed by atoms with Crippen molar-refractivity contribution in [2.24, 2.45) is 0 Å². The van der Waals surface area contributed by atoms with Gasteiger partial charge in [-0.1, -0.05) is 67.1 Å². The average Bonchev–Trinajstić information content (AvgIpc) is 2.96. The Morgan fingerprint density at radius 1 is 1.10 bits per heavy atom. The van der Waals surface area contributed by atoms with Crippen molar-refractivity contribution in [2.45, 2.75) is 57.4 Å². The number of carbonyl (C=O) groups is 2. The van der Waals surface area contributed by atoms with Crippen LogP contribution < -0.4 is 10.1 Å². The number of aliphatic carboxylic acids is 1. The summed E-state index contributed by atoms with van der Waals surface area (Å²) in [4.78, 5) is 24.8. The fourth-order valence-corrected chi connectivity index (χ4v) is 4.09. The molecule has 0 aliphatic heterocycles. The van der Waals surface area contributed by atoms with E-state index in [4.69, 9.17) is 16.3 Å². The molecule has 6 heteroatoms. The van der Waals surface area contributed by atoms with E-state index in [1.807, 2.05) is 25.1 Å². The number of carboxylic acid groups (broad SMARTS) is 1. The molecule has 1 amide bonds. The molecule has 0 radical (unpaired) electrons. The first kappa shape index (κ1) is 22.2. The van der Waals surface area contributed by atoms with E-state index in [0.29, 0.717) is 35.8 Å². The zero-order valence-corrected chi connectivity index (χ0v) is 18.0. The molecule has 2 N–H and O–H groups in total. The monoisotopic (exact) mass is 429 g/mol. The molecule has 0 aromatic heterocycles. The van der Waals surface area contributed by atoms with Gasteiger partial charge in [0, 0.05) is 12.0 Å². The maximum absolute atomic E-state index is 12.9. The Morgan fingerprint density at radius 2 is 1.83 bits per heavy atom. The second-order valence-electron chi connectivity index (χ2n) is 7.99. The topological polar surface area (TPSA) is 75.6 Å². The van der Waals surface area contributed by atoms with Gasteiger partial charge in [0.25, 0.3) is 5.91 Å². The number of halogens is 1. The van der Waals surface area contributed by atoms with Gasteiger partial charge in [-0.05, 0) is 43.5 Å². The Balaban J connectivity index is 1.68. The zero-order valence-electron chi connectivity index (χ0n) is 17.2. The summed E-state index contributed by atoms with van der Waals surface area (Å²) in [5.41, 5.74) is 1.49. The molecule has 1 aliphatic carbocycles. The van der Waals surface area contributed by atoms with E-state index in [9.17, 15) is 14.7 Å². The summed E-state index contributed by atoms with van der Waals surface area (Å²) >= 11 is 6.25. The van der Waals surface area contributed by atoms with Crippen LogP contribution in [-0.4, -0.2) is 29.1 Å². The van der Waals surface area contributed by atoms with Crippen LogP contribution in [0.2, 0.25) is 5.02 Å². The van der Waals surface area contributed by atoms with Crippen molar-refractivity contribution in [3.05, 3.63) is 64.2 Å². The van der Waals surface area contributed by atoms with Gasteiger partial charge in [-0.2, -0.15) is 0 Å². The van der Waals surface area contributed by atoms with Crippen LogP contribution in [0.15, 0.2) is 42.5 Å². The van der Waals surface area contributed by atoms with E-state index < -0.39 is 17.4 Å². The molecule has 0 atom stereocenters. The molecule has 30 heavy (non-hydrogen) atoms. The Kier molecular flexibility index (Phi) is 7.38. The maximum Gasteiger partial charge on any atom is 0.329 e. The normalized spacial score (nSPS) is 15.8. The fraction of sp³-hybridized carbons (Fsp3) is 0.417. The van der Waals surface area contributed by atoms with Gasteiger partial charge in [-0.25, -0.2) is 4.79 Å². The molecular formula is C24H28ClNO4. The largest absolute Gasteiger partial charge is 0.492 e. The number of hydrogen-bond donors (Lipinski definition) is 2. The average molecular weight is 430 g/mol. The van der Waals surface area contributed by atoms with Gasteiger partial charge in [0.2, 0.25) is 0 Å². The standard InChI is InChI=1S/C24H28ClNO4/c1-17-7-6-8-18(15-17)11-14-30-21-16-19(9-10-20(21)25)22(27)26-24(23(28)29)12-4-2-3-5-13-24/h6-10,15-16H,2-5,11-14H2,1H3,(H,26,27)(H,28,29). The van der Waals surface area contributed by atoms with Gasteiger partial charge in [-0.3, -0.25) is 4.79 Å². The number of carbonyl (C=O) groups excluding carboxylic acids is 1. The van der Waals surface area contributed by atoms with Gasteiger partial charge in [0.15, 0.2) is 0 Å². The summed E-state index contributed by atoms with van der Waals surface area (Å²) in [5, 5.41) is 13.0. The number of benzene rings is 2. The first-order valence-corrected chi connectivity index (χ1v) is 10.8. The fourth-order valence-electron chi connectivity index (χ4n) is 3.92. The minimum absolute atomic E-state index is 0.342. The molecule has 2 aromatic rings. The molecule has 1 fully saturated rings. The second kappa shape index (κ2) is 9.98. The summed E-state index contributed by atoms with van der Waals surface area (Å²) in [6.45, 7) is 2.47. The van der Waals surface area contributed by atoms with E-state index in [1.54, 1.807) is 18.2 Å². The van der Waals surface area contributed by atoms with Crippen molar-refractivity contribution in [3.8, 4) is 5.75 Å². The van der Waals surface area contributed by atoms with Crippen LogP contribution in [0.5, 0.6) is 5.75 Å². The SMILES string of the molecule is Cc1cccc(CCOc2cc(C(=O)NC3(C(=O)O)CCCCCC3)ccc2Cl)c1. The first-order chi connectivity index (χ1) is 14.4. The second-order valence-corrected chi connectivity index (χ2v) is 8.40. The maximum atomic E-state index is 12.9. The highest BCUT2D eigenvalue weighted by Crippen LogP contribution is 2.29. The first-order valence-electron chi connectivity index (χ1n) is 10.4. The Morgan fingerprint density at radius 3 is 2.50 bits per heavy atom.